The maximum Gasteiger partial charge on any atom is 0.358 e. The quantitative estimate of drug-likeness (QED) is 0.806. The number of esters is 1. The molecule has 2 heterocycles. The lowest BCUT2D eigenvalue weighted by atomic mass is 10.2. The first-order chi connectivity index (χ1) is 9.66. The summed E-state index contributed by atoms with van der Waals surface area (Å²) in [5, 5.41) is 0. The molecule has 0 radical (unpaired) electrons. The number of carbonyl (C=O) groups excluding carboxylic acids is 1. The fourth-order valence-electron chi connectivity index (χ4n) is 2.12. The second-order valence-corrected chi connectivity index (χ2v) is 5.16. The van der Waals surface area contributed by atoms with E-state index in [0.29, 0.717) is 24.8 Å². The molecule has 0 N–H and O–H groups in total. The molecule has 0 amide bonds. The second-order valence-electron chi connectivity index (χ2n) is 5.16. The monoisotopic (exact) mass is 272 g/mol. The van der Waals surface area contributed by atoms with Crippen molar-refractivity contribution in [1.82, 2.24) is 9.55 Å². The van der Waals surface area contributed by atoms with Crippen LogP contribution in [-0.2, 0) is 11.3 Å². The van der Waals surface area contributed by atoms with Crippen LogP contribution in [0.1, 0.15) is 30.0 Å². The van der Waals surface area contributed by atoms with E-state index in [2.05, 4.69) is 4.98 Å². The van der Waals surface area contributed by atoms with Crippen LogP contribution in [0.2, 0.25) is 0 Å². The molecule has 0 saturated heterocycles. The van der Waals surface area contributed by atoms with Gasteiger partial charge in [-0.15, -0.1) is 0 Å². The van der Waals surface area contributed by atoms with Crippen LogP contribution < -0.4 is 4.74 Å². The molecule has 0 bridgehead atoms. The predicted molar refractivity (Wildman–Crippen MR) is 73.0 cm³/mol. The van der Waals surface area contributed by atoms with Crippen LogP contribution in [0, 0.1) is 5.92 Å². The van der Waals surface area contributed by atoms with Crippen molar-refractivity contribution >= 4 is 5.97 Å². The van der Waals surface area contributed by atoms with Crippen molar-refractivity contribution in [3.05, 3.63) is 42.0 Å². The predicted octanol–water partition coefficient (Wildman–Crippen LogP) is 2.58. The van der Waals surface area contributed by atoms with Gasteiger partial charge in [-0.25, -0.2) is 9.78 Å². The van der Waals surface area contributed by atoms with Crippen molar-refractivity contribution in [1.29, 1.82) is 0 Å². The zero-order chi connectivity index (χ0) is 14.1. The van der Waals surface area contributed by atoms with E-state index >= 15 is 0 Å². The van der Waals surface area contributed by atoms with Crippen LogP contribution in [0.5, 0.6) is 5.75 Å². The molecule has 5 heteroatoms. The van der Waals surface area contributed by atoms with Gasteiger partial charge in [0, 0.05) is 0 Å². The van der Waals surface area contributed by atoms with E-state index in [0.717, 1.165) is 17.1 Å². The van der Waals surface area contributed by atoms with E-state index in [1.54, 1.807) is 6.33 Å². The normalized spacial score (nSPS) is 12.6. The molecule has 20 heavy (non-hydrogen) atoms. The first-order valence-electron chi connectivity index (χ1n) is 6.62. The van der Waals surface area contributed by atoms with Gasteiger partial charge in [-0.1, -0.05) is 26.0 Å². The lowest BCUT2D eigenvalue weighted by molar-refractivity contribution is 0.0449. The Morgan fingerprint density at radius 2 is 2.25 bits per heavy atom. The molecule has 0 saturated carbocycles. The molecular weight excluding hydrogens is 256 g/mol. The Balaban J connectivity index is 1.91. The van der Waals surface area contributed by atoms with Crippen molar-refractivity contribution in [2.24, 2.45) is 5.92 Å². The number of para-hydroxylation sites is 2. The van der Waals surface area contributed by atoms with Gasteiger partial charge < -0.3 is 9.47 Å². The Morgan fingerprint density at radius 3 is 3.05 bits per heavy atom. The minimum absolute atomic E-state index is 0.300. The summed E-state index contributed by atoms with van der Waals surface area (Å²) in [5.74, 6) is 0.698. The number of aromatic nitrogens is 2. The highest BCUT2D eigenvalue weighted by Crippen LogP contribution is 2.30. The van der Waals surface area contributed by atoms with Crippen LogP contribution in [-0.4, -0.2) is 22.1 Å². The van der Waals surface area contributed by atoms with Crippen LogP contribution >= 0.6 is 0 Å². The van der Waals surface area contributed by atoms with E-state index in [1.165, 1.54) is 0 Å². The third kappa shape index (κ3) is 2.15. The maximum absolute atomic E-state index is 12.0. The van der Waals surface area contributed by atoms with Gasteiger partial charge in [-0.3, -0.25) is 4.57 Å². The molecule has 1 aromatic carbocycles. The number of benzene rings is 1. The van der Waals surface area contributed by atoms with Gasteiger partial charge in [0.05, 0.1) is 18.0 Å². The van der Waals surface area contributed by atoms with Gasteiger partial charge in [0.15, 0.2) is 5.69 Å². The SMILES string of the molecule is CC(C)COC(=O)c1ncn2c1COc1ccccc1-2. The van der Waals surface area contributed by atoms with Crippen molar-refractivity contribution in [3.63, 3.8) is 0 Å². The van der Waals surface area contributed by atoms with E-state index in [1.807, 2.05) is 42.7 Å². The summed E-state index contributed by atoms with van der Waals surface area (Å²) in [4.78, 5) is 16.2. The highest BCUT2D eigenvalue weighted by molar-refractivity contribution is 5.89. The Morgan fingerprint density at radius 1 is 1.45 bits per heavy atom. The fraction of sp³-hybridized carbons (Fsp3) is 0.333. The van der Waals surface area contributed by atoms with Crippen LogP contribution in [0.3, 0.4) is 0 Å². The molecule has 1 aliphatic rings. The van der Waals surface area contributed by atoms with Crippen molar-refractivity contribution in [2.45, 2.75) is 20.5 Å². The number of imidazole rings is 1. The average Bonchev–Trinajstić information content (AvgIpc) is 2.89. The summed E-state index contributed by atoms with van der Waals surface area (Å²) in [6.07, 6.45) is 1.64. The van der Waals surface area contributed by atoms with Gasteiger partial charge in [-0.2, -0.15) is 0 Å². The molecule has 0 unspecified atom stereocenters. The van der Waals surface area contributed by atoms with E-state index in [4.69, 9.17) is 9.47 Å². The van der Waals surface area contributed by atoms with E-state index < -0.39 is 5.97 Å². The molecule has 1 aliphatic heterocycles. The van der Waals surface area contributed by atoms with Gasteiger partial charge >= 0.3 is 5.97 Å². The first kappa shape index (κ1) is 12.7. The van der Waals surface area contributed by atoms with Crippen LogP contribution in [0.25, 0.3) is 5.69 Å². The lowest BCUT2D eigenvalue weighted by Gasteiger charge is -2.20. The summed E-state index contributed by atoms with van der Waals surface area (Å²) in [7, 11) is 0. The molecule has 1 aromatic heterocycles. The number of fused-ring (bicyclic) bond motifs is 3. The van der Waals surface area contributed by atoms with Crippen LogP contribution in [0.4, 0.5) is 0 Å². The topological polar surface area (TPSA) is 53.3 Å². The number of ether oxygens (including phenoxy) is 2. The fourth-order valence-corrected chi connectivity index (χ4v) is 2.12. The van der Waals surface area contributed by atoms with Gasteiger partial charge in [0.1, 0.15) is 18.7 Å². The van der Waals surface area contributed by atoms with Gasteiger partial charge in [0.2, 0.25) is 0 Å². The number of nitrogens with zero attached hydrogens (tertiary/aromatic N) is 2. The summed E-state index contributed by atoms with van der Waals surface area (Å²) in [6, 6.07) is 7.67. The minimum atomic E-state index is -0.393. The molecule has 5 nitrogen and oxygen atoms in total. The molecule has 0 atom stereocenters. The Kier molecular flexibility index (Phi) is 3.18. The number of hydrogen-bond donors (Lipinski definition) is 0. The third-order valence-corrected chi connectivity index (χ3v) is 3.10. The maximum atomic E-state index is 12.0. The summed E-state index contributed by atoms with van der Waals surface area (Å²) >= 11 is 0. The van der Waals surface area contributed by atoms with Gasteiger partial charge in [0.25, 0.3) is 0 Å². The summed E-state index contributed by atoms with van der Waals surface area (Å²) < 4.78 is 12.8. The van der Waals surface area contributed by atoms with Crippen molar-refractivity contribution in [2.75, 3.05) is 6.61 Å². The standard InChI is InChI=1S/C15H16N2O3/c1-10(2)7-20-15(18)14-12-8-19-13-6-4-3-5-11(13)17(12)9-16-14/h3-6,9-10H,7-8H2,1-2H3. The van der Waals surface area contributed by atoms with Crippen LogP contribution in [0.15, 0.2) is 30.6 Å². The molecule has 0 spiro atoms. The first-order valence-corrected chi connectivity index (χ1v) is 6.62. The zero-order valence-electron chi connectivity index (χ0n) is 11.5. The van der Waals surface area contributed by atoms with Crippen molar-refractivity contribution < 1.29 is 14.3 Å². The van der Waals surface area contributed by atoms with E-state index in [-0.39, 0.29) is 0 Å². The molecular formula is C15H16N2O3. The highest BCUT2D eigenvalue weighted by Gasteiger charge is 2.25. The third-order valence-electron chi connectivity index (χ3n) is 3.10. The largest absolute Gasteiger partial charge is 0.485 e. The summed E-state index contributed by atoms with van der Waals surface area (Å²) in [5.41, 5.74) is 1.96. The summed E-state index contributed by atoms with van der Waals surface area (Å²) in [6.45, 7) is 4.70. The average molecular weight is 272 g/mol. The molecule has 2 aromatic rings. The van der Waals surface area contributed by atoms with Gasteiger partial charge in [-0.05, 0) is 18.1 Å². The number of carbonyl (C=O) groups is 1. The second kappa shape index (κ2) is 5.00. The Labute approximate surface area is 117 Å². The smallest absolute Gasteiger partial charge is 0.358 e. The zero-order valence-corrected chi connectivity index (χ0v) is 11.5. The van der Waals surface area contributed by atoms with Crippen molar-refractivity contribution in [3.8, 4) is 11.4 Å². The Hall–Kier alpha value is -2.30. The minimum Gasteiger partial charge on any atom is -0.485 e. The highest BCUT2D eigenvalue weighted by atomic mass is 16.5. The molecule has 0 fully saturated rings. The molecule has 0 aliphatic carbocycles. The number of rotatable bonds is 3. The number of hydrogen-bond acceptors (Lipinski definition) is 4. The van der Waals surface area contributed by atoms with E-state index in [9.17, 15) is 4.79 Å². The molecule has 3 rings (SSSR count). The molecule has 104 valence electrons. The Bertz CT molecular complexity index is 646. The lowest BCUT2D eigenvalue weighted by Crippen LogP contribution is -2.17.